The molecule has 1 aliphatic carbocycles. The van der Waals surface area contributed by atoms with Crippen molar-refractivity contribution in [3.8, 4) is 11.1 Å². The zero-order valence-electron chi connectivity index (χ0n) is 18.0. The molecule has 2 fully saturated rings. The first-order valence-corrected chi connectivity index (χ1v) is 11.2. The summed E-state index contributed by atoms with van der Waals surface area (Å²) in [4.78, 5) is 56.0. The van der Waals surface area contributed by atoms with E-state index in [1.807, 2.05) is 6.92 Å². The number of hydrogen-bond donors (Lipinski definition) is 2. The first-order valence-electron chi connectivity index (χ1n) is 10.3. The molecule has 33 heavy (non-hydrogen) atoms. The second-order valence-electron chi connectivity index (χ2n) is 8.50. The molecule has 8 nitrogen and oxygen atoms in total. The van der Waals surface area contributed by atoms with Crippen molar-refractivity contribution in [1.29, 1.82) is 0 Å². The van der Waals surface area contributed by atoms with Crippen LogP contribution >= 0.6 is 11.3 Å². The third-order valence-corrected chi connectivity index (χ3v) is 7.52. The van der Waals surface area contributed by atoms with Crippen LogP contribution < -0.4 is 11.1 Å². The fourth-order valence-electron chi connectivity index (χ4n) is 4.47. The minimum absolute atomic E-state index is 0.167. The Morgan fingerprint density at radius 3 is 2.48 bits per heavy atom. The van der Waals surface area contributed by atoms with Crippen molar-refractivity contribution in [2.75, 3.05) is 6.54 Å². The molecule has 0 unspecified atom stereocenters. The van der Waals surface area contributed by atoms with Crippen molar-refractivity contribution in [2.24, 2.45) is 5.73 Å². The zero-order valence-corrected chi connectivity index (χ0v) is 18.9. The molecule has 0 bridgehead atoms. The van der Waals surface area contributed by atoms with Gasteiger partial charge in [-0.2, -0.15) is 0 Å². The summed E-state index contributed by atoms with van der Waals surface area (Å²) in [5.74, 6) is -4.56. The molecule has 3 heterocycles. The highest BCUT2D eigenvalue weighted by molar-refractivity contribution is 7.14. The fraction of sp³-hybridized carbons (Fsp3) is 0.409. The summed E-state index contributed by atoms with van der Waals surface area (Å²) in [7, 11) is 0. The number of nitrogens with two attached hydrogens (primary N) is 1. The third kappa shape index (κ3) is 4.01. The molecule has 2 aliphatic rings. The molecular formula is C22H22F2N4O4S. The molecule has 0 aromatic carbocycles. The number of nitrogens with zero attached hydrogens (tertiary/aromatic N) is 2. The van der Waals surface area contributed by atoms with Gasteiger partial charge in [-0.15, -0.1) is 11.3 Å². The maximum absolute atomic E-state index is 13.6. The lowest BCUT2D eigenvalue weighted by Gasteiger charge is -2.34. The summed E-state index contributed by atoms with van der Waals surface area (Å²) in [6, 6.07) is 0.842. The number of aromatic nitrogens is 1. The molecule has 174 valence electrons. The molecule has 2 aromatic rings. The number of ketones is 1. The highest BCUT2D eigenvalue weighted by atomic mass is 32.1. The van der Waals surface area contributed by atoms with Gasteiger partial charge in [0.2, 0.25) is 11.8 Å². The quantitative estimate of drug-likeness (QED) is 0.507. The lowest BCUT2D eigenvalue weighted by Crippen LogP contribution is -2.51. The van der Waals surface area contributed by atoms with Gasteiger partial charge in [0.15, 0.2) is 5.78 Å². The SMILES string of the molecule is Cc1sc(C(=O)CN2C(=O)NC3(CCC(F)(F)CC3)C2=O)c(C)c1-c1cncc(C(N)=O)c1. The van der Waals surface area contributed by atoms with Crippen molar-refractivity contribution in [3.05, 3.63) is 39.3 Å². The van der Waals surface area contributed by atoms with Gasteiger partial charge in [-0.3, -0.25) is 24.3 Å². The Hall–Kier alpha value is -3.21. The summed E-state index contributed by atoms with van der Waals surface area (Å²) < 4.78 is 27.1. The number of pyridine rings is 1. The molecule has 11 heteroatoms. The number of imide groups is 1. The van der Waals surface area contributed by atoms with Crippen LogP contribution in [-0.2, 0) is 4.79 Å². The van der Waals surface area contributed by atoms with Crippen LogP contribution in [0, 0.1) is 13.8 Å². The molecule has 4 amide bonds. The Balaban J connectivity index is 1.57. The summed E-state index contributed by atoms with van der Waals surface area (Å²) in [5, 5.41) is 2.54. The Bertz CT molecular complexity index is 1180. The number of amides is 4. The molecule has 2 aromatic heterocycles. The van der Waals surface area contributed by atoms with E-state index in [1.54, 1.807) is 19.2 Å². The van der Waals surface area contributed by atoms with Gasteiger partial charge in [0.05, 0.1) is 17.0 Å². The number of rotatable bonds is 5. The third-order valence-electron chi connectivity index (χ3n) is 6.27. The van der Waals surface area contributed by atoms with Crippen molar-refractivity contribution >= 4 is 35.0 Å². The molecule has 1 saturated heterocycles. The van der Waals surface area contributed by atoms with Crippen LogP contribution in [0.25, 0.3) is 11.1 Å². The number of Topliss-reactive ketones (excluding diaryl/α,β-unsaturated/α-hetero) is 1. The van der Waals surface area contributed by atoms with Crippen molar-refractivity contribution in [3.63, 3.8) is 0 Å². The summed E-state index contributed by atoms with van der Waals surface area (Å²) in [5.41, 5.74) is 6.17. The number of carbonyl (C=O) groups excluding carboxylic acids is 4. The number of urea groups is 1. The van der Waals surface area contributed by atoms with E-state index in [4.69, 9.17) is 5.73 Å². The topological polar surface area (TPSA) is 122 Å². The summed E-state index contributed by atoms with van der Waals surface area (Å²) in [6.45, 7) is 3.06. The Morgan fingerprint density at radius 2 is 1.85 bits per heavy atom. The maximum atomic E-state index is 13.6. The van der Waals surface area contributed by atoms with Gasteiger partial charge in [-0.1, -0.05) is 0 Å². The van der Waals surface area contributed by atoms with Crippen LogP contribution in [0.15, 0.2) is 18.5 Å². The van der Waals surface area contributed by atoms with Gasteiger partial charge >= 0.3 is 6.03 Å². The number of aryl methyl sites for hydroxylation is 1. The molecule has 4 rings (SSSR count). The van der Waals surface area contributed by atoms with Crippen LogP contribution in [0.4, 0.5) is 13.6 Å². The van der Waals surface area contributed by atoms with E-state index < -0.39 is 54.5 Å². The number of carbonyl (C=O) groups is 4. The van der Waals surface area contributed by atoms with Gasteiger partial charge in [-0.25, -0.2) is 13.6 Å². The first kappa shape index (κ1) is 23.0. The van der Waals surface area contributed by atoms with E-state index in [0.717, 1.165) is 15.3 Å². The number of alkyl halides is 2. The minimum atomic E-state index is -2.86. The highest BCUT2D eigenvalue weighted by Gasteiger charge is 2.55. The summed E-state index contributed by atoms with van der Waals surface area (Å²) >= 11 is 1.21. The van der Waals surface area contributed by atoms with E-state index in [0.29, 0.717) is 16.0 Å². The molecule has 3 N–H and O–H groups in total. The van der Waals surface area contributed by atoms with Crippen LogP contribution in [0.3, 0.4) is 0 Å². The van der Waals surface area contributed by atoms with Crippen molar-refractivity contribution in [1.82, 2.24) is 15.2 Å². The van der Waals surface area contributed by atoms with Gasteiger partial charge in [0, 0.05) is 41.2 Å². The zero-order chi connectivity index (χ0) is 24.1. The molecule has 0 atom stereocenters. The smallest absolute Gasteiger partial charge is 0.325 e. The standard InChI is InChI=1S/C22H22F2N4O4S/c1-11-16(13-7-14(18(25)30)9-26-8-13)12(2)33-17(11)15(29)10-28-19(31)21(27-20(28)32)3-5-22(23,24)6-4-21/h7-9H,3-6,10H2,1-2H3,(H2,25,30)(H,27,32). The van der Waals surface area contributed by atoms with Crippen LogP contribution in [-0.4, -0.2) is 51.5 Å². The molecule has 1 saturated carbocycles. The highest BCUT2D eigenvalue weighted by Crippen LogP contribution is 2.42. The molecular weight excluding hydrogens is 454 g/mol. The van der Waals surface area contributed by atoms with Crippen molar-refractivity contribution < 1.29 is 28.0 Å². The van der Waals surface area contributed by atoms with Gasteiger partial charge in [0.25, 0.3) is 5.91 Å². The number of halogens is 2. The average Bonchev–Trinajstić information content (AvgIpc) is 3.18. The normalized spacial score (nSPS) is 19.1. The van der Waals surface area contributed by atoms with E-state index in [1.165, 1.54) is 17.5 Å². The average molecular weight is 477 g/mol. The maximum Gasteiger partial charge on any atom is 0.325 e. The lowest BCUT2D eigenvalue weighted by molar-refractivity contribution is -0.135. The van der Waals surface area contributed by atoms with E-state index in [9.17, 15) is 28.0 Å². The fourth-order valence-corrected chi connectivity index (χ4v) is 5.58. The van der Waals surface area contributed by atoms with Crippen LogP contribution in [0.2, 0.25) is 0 Å². The molecule has 1 spiro atoms. The second kappa shape index (κ2) is 7.98. The predicted molar refractivity (Wildman–Crippen MR) is 116 cm³/mol. The Labute approximate surface area is 192 Å². The Kier molecular flexibility index (Phi) is 5.55. The summed E-state index contributed by atoms with van der Waals surface area (Å²) in [6.07, 6.45) is 1.59. The van der Waals surface area contributed by atoms with Crippen LogP contribution in [0.1, 0.15) is 56.2 Å². The monoisotopic (exact) mass is 476 g/mol. The van der Waals surface area contributed by atoms with E-state index in [-0.39, 0.29) is 18.4 Å². The van der Waals surface area contributed by atoms with Gasteiger partial charge in [0.1, 0.15) is 5.54 Å². The first-order chi connectivity index (χ1) is 15.4. The Morgan fingerprint density at radius 1 is 1.18 bits per heavy atom. The predicted octanol–water partition coefficient (Wildman–Crippen LogP) is 3.21. The largest absolute Gasteiger partial charge is 0.366 e. The van der Waals surface area contributed by atoms with E-state index >= 15 is 0 Å². The number of nitrogens with one attached hydrogen (secondary N) is 1. The van der Waals surface area contributed by atoms with Gasteiger partial charge < -0.3 is 11.1 Å². The second-order valence-corrected chi connectivity index (χ2v) is 9.72. The molecule has 0 radical (unpaired) electrons. The molecule has 1 aliphatic heterocycles. The van der Waals surface area contributed by atoms with Crippen LogP contribution in [0.5, 0.6) is 0 Å². The minimum Gasteiger partial charge on any atom is -0.366 e. The number of primary amides is 1. The van der Waals surface area contributed by atoms with Crippen molar-refractivity contribution in [2.45, 2.75) is 51.0 Å². The number of hydrogen-bond acceptors (Lipinski definition) is 6. The number of thiophene rings is 1. The van der Waals surface area contributed by atoms with E-state index in [2.05, 4.69) is 10.3 Å². The lowest BCUT2D eigenvalue weighted by atomic mass is 9.80. The van der Waals surface area contributed by atoms with Gasteiger partial charge in [-0.05, 0) is 38.3 Å².